The maximum Gasteiger partial charge on any atom is 0.110 e. The highest BCUT2D eigenvalue weighted by Crippen LogP contribution is 2.22. The minimum absolute atomic E-state index is 0.0992. The number of nitriles is 1. The van der Waals surface area contributed by atoms with Crippen LogP contribution in [0.3, 0.4) is 0 Å². The molecular weight excluding hydrogens is 156 g/mol. The van der Waals surface area contributed by atoms with Gasteiger partial charge in [0, 0.05) is 10.9 Å². The number of nitrogens with two attached hydrogens (primary N) is 1. The average Bonchev–Trinajstić information content (AvgIpc) is 2.50. The van der Waals surface area contributed by atoms with Gasteiger partial charge in [0.1, 0.15) is 10.9 Å². The van der Waals surface area contributed by atoms with Crippen molar-refractivity contribution in [3.63, 3.8) is 0 Å². The van der Waals surface area contributed by atoms with Crippen LogP contribution in [0.5, 0.6) is 0 Å². The van der Waals surface area contributed by atoms with Crippen LogP contribution in [-0.2, 0) is 0 Å². The molecule has 0 unspecified atom stereocenters. The predicted molar refractivity (Wildman–Crippen MR) is 46.3 cm³/mol. The number of hydrogen-bond acceptors (Lipinski definition) is 3. The minimum Gasteiger partial charge on any atom is -0.323 e. The van der Waals surface area contributed by atoms with E-state index in [-0.39, 0.29) is 6.04 Å². The second-order valence-electron chi connectivity index (χ2n) is 2.33. The first kappa shape index (κ1) is 8.25. The molecule has 1 aromatic rings. The van der Waals surface area contributed by atoms with E-state index in [9.17, 15) is 0 Å². The molecule has 0 bridgehead atoms. The van der Waals surface area contributed by atoms with Crippen molar-refractivity contribution >= 4 is 11.3 Å². The molecule has 0 fully saturated rings. The van der Waals surface area contributed by atoms with Crippen molar-refractivity contribution in [3.8, 4) is 6.07 Å². The third kappa shape index (κ3) is 1.79. The van der Waals surface area contributed by atoms with E-state index >= 15 is 0 Å². The lowest BCUT2D eigenvalue weighted by atomic mass is 10.2. The van der Waals surface area contributed by atoms with E-state index in [1.807, 2.05) is 19.1 Å². The van der Waals surface area contributed by atoms with Gasteiger partial charge in [-0.2, -0.15) is 5.26 Å². The fourth-order valence-electron chi connectivity index (χ4n) is 0.813. The highest BCUT2D eigenvalue weighted by molar-refractivity contribution is 7.12. The molecule has 1 heterocycles. The first-order valence-corrected chi connectivity index (χ1v) is 4.35. The topological polar surface area (TPSA) is 49.8 Å². The van der Waals surface area contributed by atoms with E-state index in [1.54, 1.807) is 0 Å². The quantitative estimate of drug-likeness (QED) is 0.730. The van der Waals surface area contributed by atoms with Gasteiger partial charge in [-0.3, -0.25) is 0 Å². The molecule has 0 amide bonds. The molecule has 58 valence electrons. The summed E-state index contributed by atoms with van der Waals surface area (Å²) < 4.78 is 0. The monoisotopic (exact) mass is 166 g/mol. The van der Waals surface area contributed by atoms with Crippen LogP contribution in [0.15, 0.2) is 12.1 Å². The standard InChI is InChI=1S/C8H10N2S/c1-2-7(10)8-4-3-6(5-9)11-8/h3-4,7H,2,10H2,1H3/t7-/m1/s1. The van der Waals surface area contributed by atoms with Crippen LogP contribution < -0.4 is 5.73 Å². The summed E-state index contributed by atoms with van der Waals surface area (Å²) in [6, 6.07) is 5.93. The van der Waals surface area contributed by atoms with Gasteiger partial charge in [0.25, 0.3) is 0 Å². The molecule has 0 aliphatic heterocycles. The van der Waals surface area contributed by atoms with Crippen molar-refractivity contribution in [1.82, 2.24) is 0 Å². The van der Waals surface area contributed by atoms with Crippen molar-refractivity contribution in [2.24, 2.45) is 5.73 Å². The molecule has 1 atom stereocenters. The lowest BCUT2D eigenvalue weighted by molar-refractivity contribution is 0.712. The summed E-state index contributed by atoms with van der Waals surface area (Å²) in [5.74, 6) is 0. The zero-order valence-corrected chi connectivity index (χ0v) is 7.19. The number of hydrogen-bond donors (Lipinski definition) is 1. The summed E-state index contributed by atoms with van der Waals surface area (Å²) in [5, 5.41) is 8.53. The molecule has 3 heteroatoms. The summed E-state index contributed by atoms with van der Waals surface area (Å²) in [7, 11) is 0. The molecule has 1 rings (SSSR count). The van der Waals surface area contributed by atoms with Crippen LogP contribution in [0.25, 0.3) is 0 Å². The summed E-state index contributed by atoms with van der Waals surface area (Å²) in [6.45, 7) is 2.04. The maximum atomic E-state index is 8.53. The van der Waals surface area contributed by atoms with E-state index in [2.05, 4.69) is 6.07 Å². The SMILES string of the molecule is CC[C@@H](N)c1ccc(C#N)s1. The van der Waals surface area contributed by atoms with Crippen molar-refractivity contribution in [2.75, 3.05) is 0 Å². The molecule has 0 saturated carbocycles. The van der Waals surface area contributed by atoms with E-state index in [0.717, 1.165) is 16.2 Å². The Balaban J connectivity index is 2.82. The summed E-state index contributed by atoms with van der Waals surface area (Å²) in [5.41, 5.74) is 5.76. The minimum atomic E-state index is 0.0992. The van der Waals surface area contributed by atoms with Crippen molar-refractivity contribution in [2.45, 2.75) is 19.4 Å². The highest BCUT2D eigenvalue weighted by Gasteiger charge is 2.05. The van der Waals surface area contributed by atoms with Crippen LogP contribution in [0.2, 0.25) is 0 Å². The van der Waals surface area contributed by atoms with Gasteiger partial charge in [-0.25, -0.2) is 0 Å². The fourth-order valence-corrected chi connectivity index (χ4v) is 1.70. The third-order valence-corrected chi connectivity index (χ3v) is 2.66. The predicted octanol–water partition coefficient (Wildman–Crippen LogP) is 2.03. The van der Waals surface area contributed by atoms with E-state index in [4.69, 9.17) is 11.0 Å². The summed E-state index contributed by atoms with van der Waals surface area (Å²) in [4.78, 5) is 1.84. The number of rotatable bonds is 2. The first-order valence-electron chi connectivity index (χ1n) is 3.53. The molecule has 2 N–H and O–H groups in total. The lowest BCUT2D eigenvalue weighted by Crippen LogP contribution is -2.05. The van der Waals surface area contributed by atoms with E-state index in [1.165, 1.54) is 11.3 Å². The van der Waals surface area contributed by atoms with Crippen LogP contribution in [0, 0.1) is 11.3 Å². The lowest BCUT2D eigenvalue weighted by Gasteiger charge is -2.02. The van der Waals surface area contributed by atoms with Gasteiger partial charge in [0.05, 0.1) is 0 Å². The summed E-state index contributed by atoms with van der Waals surface area (Å²) in [6.07, 6.45) is 0.922. The average molecular weight is 166 g/mol. The molecule has 2 nitrogen and oxygen atoms in total. The Kier molecular flexibility index (Phi) is 2.64. The van der Waals surface area contributed by atoms with E-state index in [0.29, 0.717) is 0 Å². The highest BCUT2D eigenvalue weighted by atomic mass is 32.1. The molecule has 0 saturated heterocycles. The van der Waals surface area contributed by atoms with Gasteiger partial charge in [0.2, 0.25) is 0 Å². The second kappa shape index (κ2) is 3.51. The zero-order valence-electron chi connectivity index (χ0n) is 6.37. The van der Waals surface area contributed by atoms with Gasteiger partial charge >= 0.3 is 0 Å². The normalized spacial score (nSPS) is 12.5. The van der Waals surface area contributed by atoms with Crippen LogP contribution in [0.1, 0.15) is 29.1 Å². The van der Waals surface area contributed by atoms with Gasteiger partial charge in [0.15, 0.2) is 0 Å². The molecular formula is C8H10N2S. The van der Waals surface area contributed by atoms with Crippen LogP contribution in [-0.4, -0.2) is 0 Å². The largest absolute Gasteiger partial charge is 0.323 e. The van der Waals surface area contributed by atoms with Crippen molar-refractivity contribution in [3.05, 3.63) is 21.9 Å². The van der Waals surface area contributed by atoms with Gasteiger partial charge in [-0.1, -0.05) is 6.92 Å². The Hall–Kier alpha value is -0.850. The molecule has 0 spiro atoms. The fraction of sp³-hybridized carbons (Fsp3) is 0.375. The molecule has 1 aromatic heterocycles. The molecule has 0 aliphatic carbocycles. The van der Waals surface area contributed by atoms with Crippen molar-refractivity contribution < 1.29 is 0 Å². The van der Waals surface area contributed by atoms with E-state index < -0.39 is 0 Å². The zero-order chi connectivity index (χ0) is 8.27. The van der Waals surface area contributed by atoms with Gasteiger partial charge in [-0.15, -0.1) is 11.3 Å². The first-order chi connectivity index (χ1) is 5.27. The Morgan fingerprint density at radius 1 is 1.73 bits per heavy atom. The third-order valence-electron chi connectivity index (χ3n) is 1.54. The molecule has 0 radical (unpaired) electrons. The number of thiophene rings is 1. The molecule has 11 heavy (non-hydrogen) atoms. The van der Waals surface area contributed by atoms with Gasteiger partial charge < -0.3 is 5.73 Å². The molecule has 0 aliphatic rings. The van der Waals surface area contributed by atoms with Crippen LogP contribution in [0.4, 0.5) is 0 Å². The van der Waals surface area contributed by atoms with Gasteiger partial charge in [-0.05, 0) is 18.6 Å². The van der Waals surface area contributed by atoms with Crippen LogP contribution >= 0.6 is 11.3 Å². The Morgan fingerprint density at radius 3 is 2.91 bits per heavy atom. The maximum absolute atomic E-state index is 8.53. The van der Waals surface area contributed by atoms with Crippen molar-refractivity contribution in [1.29, 1.82) is 5.26 Å². The summed E-state index contributed by atoms with van der Waals surface area (Å²) >= 11 is 1.48. The second-order valence-corrected chi connectivity index (χ2v) is 3.44. The Morgan fingerprint density at radius 2 is 2.45 bits per heavy atom. The molecule has 0 aromatic carbocycles. The number of nitrogens with zero attached hydrogens (tertiary/aromatic N) is 1. The smallest absolute Gasteiger partial charge is 0.110 e. The Labute approximate surface area is 70.3 Å². The Bertz CT molecular complexity index is 272.